The lowest BCUT2D eigenvalue weighted by Gasteiger charge is -2.25. The Kier molecular flexibility index (Phi) is 7.81. The van der Waals surface area contributed by atoms with Gasteiger partial charge in [0, 0.05) is 5.54 Å². The molecule has 0 saturated carbocycles. The Morgan fingerprint density at radius 1 is 1.31 bits per heavy atom. The van der Waals surface area contributed by atoms with Gasteiger partial charge in [0.1, 0.15) is 0 Å². The minimum absolute atomic E-state index is 0.113. The van der Waals surface area contributed by atoms with Crippen LogP contribution in [0.2, 0.25) is 0 Å². The van der Waals surface area contributed by atoms with Crippen LogP contribution in [-0.2, 0) is 0 Å². The Labute approximate surface area is 86.3 Å². The van der Waals surface area contributed by atoms with Gasteiger partial charge in [-0.15, -0.1) is 0 Å². The first-order chi connectivity index (χ1) is 6.18. The molecule has 2 nitrogen and oxygen atoms in total. The zero-order chi connectivity index (χ0) is 10.2. The molecule has 0 aromatic carbocycles. The molecule has 0 aliphatic rings. The second kappa shape index (κ2) is 7.65. The molecule has 0 aliphatic heterocycles. The summed E-state index contributed by atoms with van der Waals surface area (Å²) in [7, 11) is 0. The van der Waals surface area contributed by atoms with Crippen LogP contribution < -0.4 is 5.73 Å². The zero-order valence-electron chi connectivity index (χ0n) is 8.88. The maximum absolute atomic E-state index is 9.06. The molecule has 80 valence electrons. The van der Waals surface area contributed by atoms with E-state index in [1.165, 1.54) is 17.9 Å². The lowest BCUT2D eigenvalue weighted by molar-refractivity contribution is 0.182. The number of hydrogen-bond acceptors (Lipinski definition) is 3. The fourth-order valence-corrected chi connectivity index (χ4v) is 1.98. The summed E-state index contributed by atoms with van der Waals surface area (Å²) < 4.78 is 0. The Hall–Kier alpha value is 0.270. The number of rotatable bonds is 8. The molecule has 0 aliphatic carbocycles. The lowest BCUT2D eigenvalue weighted by atomic mass is 9.93. The van der Waals surface area contributed by atoms with Crippen molar-refractivity contribution in [3.8, 4) is 0 Å². The molecule has 0 saturated heterocycles. The van der Waals surface area contributed by atoms with E-state index in [0.717, 1.165) is 19.3 Å². The van der Waals surface area contributed by atoms with Crippen LogP contribution in [-0.4, -0.2) is 28.8 Å². The van der Waals surface area contributed by atoms with Gasteiger partial charge in [-0.3, -0.25) is 0 Å². The minimum Gasteiger partial charge on any atom is -0.394 e. The van der Waals surface area contributed by atoms with Crippen molar-refractivity contribution in [1.29, 1.82) is 0 Å². The largest absolute Gasteiger partial charge is 0.394 e. The molecule has 0 heterocycles. The molecular formula is C10H23NOS. The summed E-state index contributed by atoms with van der Waals surface area (Å²) in [4.78, 5) is 0. The van der Waals surface area contributed by atoms with E-state index < -0.39 is 0 Å². The molecule has 13 heavy (non-hydrogen) atoms. The Balaban J connectivity index is 3.39. The molecule has 0 bridgehead atoms. The summed E-state index contributed by atoms with van der Waals surface area (Å²) >= 11 is 1.98. The molecule has 3 N–H and O–H groups in total. The topological polar surface area (TPSA) is 46.2 Å². The van der Waals surface area contributed by atoms with Crippen molar-refractivity contribution in [1.82, 2.24) is 0 Å². The summed E-state index contributed by atoms with van der Waals surface area (Å²) in [6, 6.07) is 0. The highest BCUT2D eigenvalue weighted by Gasteiger charge is 2.20. The molecule has 1 unspecified atom stereocenters. The van der Waals surface area contributed by atoms with Gasteiger partial charge in [0.2, 0.25) is 0 Å². The van der Waals surface area contributed by atoms with E-state index in [0.29, 0.717) is 0 Å². The van der Waals surface area contributed by atoms with Crippen molar-refractivity contribution in [3.05, 3.63) is 0 Å². The fourth-order valence-electron chi connectivity index (χ4n) is 1.14. The summed E-state index contributed by atoms with van der Waals surface area (Å²) in [5.41, 5.74) is 5.63. The quantitative estimate of drug-likeness (QED) is 0.596. The third-order valence-corrected chi connectivity index (χ3v) is 3.61. The average Bonchev–Trinajstić information content (AvgIpc) is 2.17. The fraction of sp³-hybridized carbons (Fsp3) is 1.00. The van der Waals surface area contributed by atoms with Gasteiger partial charge in [0.05, 0.1) is 6.61 Å². The third-order valence-electron chi connectivity index (χ3n) is 2.33. The summed E-state index contributed by atoms with van der Waals surface area (Å²) in [5.74, 6) is 2.41. The van der Waals surface area contributed by atoms with Crippen molar-refractivity contribution < 1.29 is 5.11 Å². The van der Waals surface area contributed by atoms with Crippen molar-refractivity contribution in [2.45, 2.75) is 45.1 Å². The molecule has 0 fully saturated rings. The Morgan fingerprint density at radius 2 is 2.00 bits per heavy atom. The number of aliphatic hydroxyl groups excluding tert-OH is 1. The average molecular weight is 205 g/mol. The lowest BCUT2D eigenvalue weighted by Crippen LogP contribution is -2.42. The predicted octanol–water partition coefficient (Wildman–Crippen LogP) is 2.01. The molecule has 0 aromatic rings. The molecule has 0 spiro atoms. The van der Waals surface area contributed by atoms with Gasteiger partial charge in [0.15, 0.2) is 0 Å². The van der Waals surface area contributed by atoms with Crippen LogP contribution >= 0.6 is 11.8 Å². The molecule has 0 amide bonds. The SMILES string of the molecule is CCCSCCCC(N)(CC)CO. The number of thioether (sulfide) groups is 1. The van der Waals surface area contributed by atoms with Crippen molar-refractivity contribution in [3.63, 3.8) is 0 Å². The minimum atomic E-state index is -0.327. The maximum atomic E-state index is 9.06. The molecule has 1 atom stereocenters. The van der Waals surface area contributed by atoms with Gasteiger partial charge in [-0.25, -0.2) is 0 Å². The molecule has 0 radical (unpaired) electrons. The molecule has 0 rings (SSSR count). The standard InChI is InChI=1S/C10H23NOS/c1-3-7-13-8-5-6-10(11,4-2)9-12/h12H,3-9,11H2,1-2H3. The number of nitrogens with two attached hydrogens (primary N) is 1. The highest BCUT2D eigenvalue weighted by molar-refractivity contribution is 7.99. The number of aliphatic hydroxyl groups is 1. The van der Waals surface area contributed by atoms with Crippen LogP contribution in [0.5, 0.6) is 0 Å². The first-order valence-electron chi connectivity index (χ1n) is 5.16. The Morgan fingerprint density at radius 3 is 2.46 bits per heavy atom. The van der Waals surface area contributed by atoms with Crippen molar-refractivity contribution >= 4 is 11.8 Å². The van der Waals surface area contributed by atoms with Crippen LogP contribution in [0.1, 0.15) is 39.5 Å². The zero-order valence-corrected chi connectivity index (χ0v) is 9.70. The van der Waals surface area contributed by atoms with Crippen LogP contribution in [0.4, 0.5) is 0 Å². The maximum Gasteiger partial charge on any atom is 0.0611 e. The van der Waals surface area contributed by atoms with Crippen molar-refractivity contribution in [2.75, 3.05) is 18.1 Å². The molecule has 3 heteroatoms. The second-order valence-corrected chi connectivity index (χ2v) is 4.81. The van der Waals surface area contributed by atoms with Crippen LogP contribution in [0.25, 0.3) is 0 Å². The summed E-state index contributed by atoms with van der Waals surface area (Å²) in [6.45, 7) is 4.34. The van der Waals surface area contributed by atoms with Crippen LogP contribution in [0.15, 0.2) is 0 Å². The Bertz CT molecular complexity index is 115. The normalized spacial score (nSPS) is 15.7. The van der Waals surface area contributed by atoms with Crippen molar-refractivity contribution in [2.24, 2.45) is 5.73 Å². The van der Waals surface area contributed by atoms with E-state index in [-0.39, 0.29) is 12.1 Å². The van der Waals surface area contributed by atoms with E-state index in [4.69, 9.17) is 10.8 Å². The smallest absolute Gasteiger partial charge is 0.0611 e. The monoisotopic (exact) mass is 205 g/mol. The van der Waals surface area contributed by atoms with Gasteiger partial charge in [-0.2, -0.15) is 11.8 Å². The van der Waals surface area contributed by atoms with Gasteiger partial charge < -0.3 is 10.8 Å². The summed E-state index contributed by atoms with van der Waals surface area (Å²) in [6.07, 6.45) is 4.17. The summed E-state index contributed by atoms with van der Waals surface area (Å²) in [5, 5.41) is 9.06. The van der Waals surface area contributed by atoms with E-state index in [1.54, 1.807) is 0 Å². The molecule has 0 aromatic heterocycles. The van der Waals surface area contributed by atoms with E-state index in [1.807, 2.05) is 18.7 Å². The van der Waals surface area contributed by atoms with Crippen LogP contribution in [0.3, 0.4) is 0 Å². The van der Waals surface area contributed by atoms with Crippen LogP contribution in [0, 0.1) is 0 Å². The van der Waals surface area contributed by atoms with E-state index in [9.17, 15) is 0 Å². The predicted molar refractivity (Wildman–Crippen MR) is 61.1 cm³/mol. The third kappa shape index (κ3) is 6.36. The van der Waals surface area contributed by atoms with Gasteiger partial charge >= 0.3 is 0 Å². The van der Waals surface area contributed by atoms with Gasteiger partial charge in [-0.1, -0.05) is 13.8 Å². The highest BCUT2D eigenvalue weighted by atomic mass is 32.2. The van der Waals surface area contributed by atoms with E-state index in [2.05, 4.69) is 6.92 Å². The first-order valence-corrected chi connectivity index (χ1v) is 6.31. The van der Waals surface area contributed by atoms with Gasteiger partial charge in [-0.05, 0) is 37.2 Å². The molecular weight excluding hydrogens is 182 g/mol. The highest BCUT2D eigenvalue weighted by Crippen LogP contribution is 2.15. The second-order valence-electron chi connectivity index (χ2n) is 3.59. The number of hydrogen-bond donors (Lipinski definition) is 2. The van der Waals surface area contributed by atoms with Gasteiger partial charge in [0.25, 0.3) is 0 Å². The first kappa shape index (κ1) is 13.3. The van der Waals surface area contributed by atoms with E-state index >= 15 is 0 Å².